The maximum atomic E-state index is 12.2. The number of pyridine rings is 1. The molecule has 2 nitrogen and oxygen atoms in total. The van der Waals surface area contributed by atoms with Gasteiger partial charge < -0.3 is 4.74 Å². The van der Waals surface area contributed by atoms with Crippen molar-refractivity contribution in [2.24, 2.45) is 0 Å². The summed E-state index contributed by atoms with van der Waals surface area (Å²) in [7, 11) is 0. The van der Waals surface area contributed by atoms with E-state index in [9.17, 15) is 13.2 Å². The van der Waals surface area contributed by atoms with Crippen molar-refractivity contribution in [2.75, 3.05) is 0 Å². The quantitative estimate of drug-likeness (QED) is 0.704. The zero-order valence-corrected chi connectivity index (χ0v) is 5.95. The summed E-state index contributed by atoms with van der Waals surface area (Å²) in [6, 6.07) is 2.60. The van der Waals surface area contributed by atoms with Crippen LogP contribution in [0.2, 0.25) is 0 Å². The highest BCUT2D eigenvalue weighted by Crippen LogP contribution is 2.14. The molecule has 0 fully saturated rings. The molecule has 0 saturated carbocycles. The van der Waals surface area contributed by atoms with Gasteiger partial charge in [-0.25, -0.2) is 8.78 Å². The fraction of sp³-hybridized carbons (Fsp3) is 0.286. The summed E-state index contributed by atoms with van der Waals surface area (Å²) in [5.41, 5.74) is 0. The lowest BCUT2D eigenvalue weighted by atomic mass is 10.4. The number of ether oxygens (including phenoxy) is 1. The van der Waals surface area contributed by atoms with Crippen molar-refractivity contribution in [3.05, 3.63) is 24.5 Å². The molecule has 1 unspecified atom stereocenters. The molecule has 0 aromatic carbocycles. The molecular weight excluding hydrogens is 171 g/mol. The van der Waals surface area contributed by atoms with Crippen molar-refractivity contribution in [1.29, 1.82) is 0 Å². The van der Waals surface area contributed by atoms with Crippen molar-refractivity contribution in [3.63, 3.8) is 0 Å². The third-order valence-corrected chi connectivity index (χ3v) is 1.10. The van der Waals surface area contributed by atoms with E-state index in [1.165, 1.54) is 24.5 Å². The number of rotatable bonds is 3. The number of alkyl halides is 3. The Bertz CT molecular complexity index is 229. The van der Waals surface area contributed by atoms with E-state index in [0.717, 1.165) is 0 Å². The van der Waals surface area contributed by atoms with Crippen molar-refractivity contribution in [2.45, 2.75) is 12.8 Å². The molecule has 1 atom stereocenters. The first-order valence-corrected chi connectivity index (χ1v) is 3.19. The van der Waals surface area contributed by atoms with Crippen molar-refractivity contribution in [1.82, 2.24) is 4.98 Å². The molecule has 0 aliphatic rings. The van der Waals surface area contributed by atoms with Gasteiger partial charge >= 0.3 is 6.43 Å². The Kier molecular flexibility index (Phi) is 2.90. The Hall–Kier alpha value is -1.26. The van der Waals surface area contributed by atoms with E-state index >= 15 is 0 Å². The number of hydrogen-bond acceptors (Lipinski definition) is 2. The maximum Gasteiger partial charge on any atom is 0.304 e. The molecule has 1 heterocycles. The average molecular weight is 177 g/mol. The highest BCUT2D eigenvalue weighted by Gasteiger charge is 2.20. The van der Waals surface area contributed by atoms with E-state index in [0.29, 0.717) is 0 Å². The summed E-state index contributed by atoms with van der Waals surface area (Å²) >= 11 is 0. The van der Waals surface area contributed by atoms with Crippen LogP contribution in [0.25, 0.3) is 0 Å². The van der Waals surface area contributed by atoms with Gasteiger partial charge in [-0.3, -0.25) is 4.98 Å². The smallest absolute Gasteiger partial charge is 0.304 e. The summed E-state index contributed by atoms with van der Waals surface area (Å²) < 4.78 is 39.6. The summed E-state index contributed by atoms with van der Waals surface area (Å²) in [4.78, 5) is 3.61. The molecule has 5 heteroatoms. The van der Waals surface area contributed by atoms with E-state index < -0.39 is 12.8 Å². The number of aromatic nitrogens is 1. The first-order chi connectivity index (χ1) is 5.70. The van der Waals surface area contributed by atoms with Gasteiger partial charge in [-0.2, -0.15) is 4.39 Å². The molecule has 0 N–H and O–H groups in total. The topological polar surface area (TPSA) is 22.1 Å². The van der Waals surface area contributed by atoms with Crippen LogP contribution in [0.3, 0.4) is 0 Å². The second-order valence-electron chi connectivity index (χ2n) is 1.99. The van der Waals surface area contributed by atoms with Gasteiger partial charge in [0.1, 0.15) is 5.75 Å². The molecule has 0 amide bonds. The normalized spacial score (nSPS) is 13.0. The first-order valence-electron chi connectivity index (χ1n) is 3.19. The third-order valence-electron chi connectivity index (χ3n) is 1.10. The fourth-order valence-electron chi connectivity index (χ4n) is 0.598. The highest BCUT2D eigenvalue weighted by atomic mass is 19.3. The van der Waals surface area contributed by atoms with Crippen LogP contribution in [-0.4, -0.2) is 17.8 Å². The first kappa shape index (κ1) is 8.83. The summed E-state index contributed by atoms with van der Waals surface area (Å²) in [6.45, 7) is 0. The van der Waals surface area contributed by atoms with Gasteiger partial charge in [-0.15, -0.1) is 0 Å². The second-order valence-corrected chi connectivity index (χ2v) is 1.99. The molecule has 0 spiro atoms. The van der Waals surface area contributed by atoms with Crippen LogP contribution in [0.1, 0.15) is 0 Å². The van der Waals surface area contributed by atoms with Crippen LogP contribution in [0.15, 0.2) is 24.5 Å². The molecule has 12 heavy (non-hydrogen) atoms. The van der Waals surface area contributed by atoms with E-state index in [1.54, 1.807) is 0 Å². The van der Waals surface area contributed by atoms with Gasteiger partial charge in [-0.05, 0) is 12.1 Å². The molecule has 0 aliphatic heterocycles. The summed E-state index contributed by atoms with van der Waals surface area (Å²) in [5, 5.41) is 0. The Labute approximate surface area is 67.0 Å². The Balaban J connectivity index is 2.53. The second kappa shape index (κ2) is 3.94. The molecule has 1 aromatic rings. The van der Waals surface area contributed by atoms with Crippen LogP contribution in [0, 0.1) is 0 Å². The van der Waals surface area contributed by atoms with Gasteiger partial charge in [0.15, 0.2) is 0 Å². The summed E-state index contributed by atoms with van der Waals surface area (Å²) in [5.74, 6) is 0.0396. The maximum absolute atomic E-state index is 12.2. The van der Waals surface area contributed by atoms with E-state index in [-0.39, 0.29) is 5.75 Å². The van der Waals surface area contributed by atoms with Gasteiger partial charge in [-0.1, -0.05) is 0 Å². The Morgan fingerprint density at radius 1 is 1.17 bits per heavy atom. The van der Waals surface area contributed by atoms with Crippen LogP contribution in [-0.2, 0) is 0 Å². The Morgan fingerprint density at radius 3 is 2.25 bits per heavy atom. The van der Waals surface area contributed by atoms with Gasteiger partial charge in [0, 0.05) is 12.4 Å². The monoisotopic (exact) mass is 177 g/mol. The number of hydrogen-bond donors (Lipinski definition) is 0. The van der Waals surface area contributed by atoms with E-state index in [2.05, 4.69) is 9.72 Å². The molecule has 0 aliphatic carbocycles. The third kappa shape index (κ3) is 2.41. The zero-order chi connectivity index (χ0) is 8.97. The fourth-order valence-corrected chi connectivity index (χ4v) is 0.598. The van der Waals surface area contributed by atoms with Gasteiger partial charge in [0.25, 0.3) is 6.36 Å². The lowest BCUT2D eigenvalue weighted by Gasteiger charge is -2.08. The zero-order valence-electron chi connectivity index (χ0n) is 5.95. The number of halogens is 3. The van der Waals surface area contributed by atoms with Crippen molar-refractivity contribution in [3.8, 4) is 5.75 Å². The highest BCUT2D eigenvalue weighted by molar-refractivity contribution is 5.16. The predicted molar refractivity (Wildman–Crippen MR) is 35.8 cm³/mol. The van der Waals surface area contributed by atoms with E-state index in [1.807, 2.05) is 0 Å². The van der Waals surface area contributed by atoms with Crippen LogP contribution in [0.5, 0.6) is 5.75 Å². The van der Waals surface area contributed by atoms with Crippen LogP contribution < -0.4 is 4.74 Å². The van der Waals surface area contributed by atoms with Gasteiger partial charge in [0.2, 0.25) is 0 Å². The van der Waals surface area contributed by atoms with Gasteiger partial charge in [0.05, 0.1) is 0 Å². The minimum atomic E-state index is -3.13. The lowest BCUT2D eigenvalue weighted by molar-refractivity contribution is -0.0669. The van der Waals surface area contributed by atoms with Crippen LogP contribution >= 0.6 is 0 Å². The number of nitrogens with zero attached hydrogens (tertiary/aromatic N) is 1. The van der Waals surface area contributed by atoms with Crippen molar-refractivity contribution < 1.29 is 17.9 Å². The lowest BCUT2D eigenvalue weighted by Crippen LogP contribution is -2.19. The minimum absolute atomic E-state index is 0.0396. The largest absolute Gasteiger partial charge is 0.454 e. The Morgan fingerprint density at radius 2 is 1.75 bits per heavy atom. The van der Waals surface area contributed by atoms with Crippen LogP contribution in [0.4, 0.5) is 13.2 Å². The molecule has 66 valence electrons. The summed E-state index contributed by atoms with van der Waals surface area (Å²) in [6.07, 6.45) is -3.05. The molecule has 0 saturated heterocycles. The van der Waals surface area contributed by atoms with E-state index in [4.69, 9.17) is 0 Å². The predicted octanol–water partition coefficient (Wildman–Crippen LogP) is 2.02. The standard InChI is InChI=1S/C7H6F3NO/c8-6(9)7(10)12-5-1-3-11-4-2-5/h1-4,6-7H. The minimum Gasteiger partial charge on any atom is -0.454 e. The van der Waals surface area contributed by atoms with Crippen molar-refractivity contribution >= 4 is 0 Å². The molecular formula is C7H6F3NO. The molecule has 0 bridgehead atoms. The molecule has 1 rings (SSSR count). The molecule has 1 aromatic heterocycles. The molecule has 0 radical (unpaired) electrons. The average Bonchev–Trinajstić information content (AvgIpc) is 2.06. The SMILES string of the molecule is FC(F)C(F)Oc1ccncc1.